The average Bonchev–Trinajstić information content (AvgIpc) is 3.05. The fourth-order valence-electron chi connectivity index (χ4n) is 2.73. The van der Waals surface area contributed by atoms with Crippen molar-refractivity contribution in [2.75, 3.05) is 40.3 Å². The number of amides is 1. The van der Waals surface area contributed by atoms with E-state index in [9.17, 15) is 14.4 Å². The van der Waals surface area contributed by atoms with Crippen LogP contribution in [0.1, 0.15) is 23.3 Å². The summed E-state index contributed by atoms with van der Waals surface area (Å²) in [6, 6.07) is 1.22. The molecule has 1 aliphatic rings. The molecular weight excluding hydrogens is 312 g/mol. The number of carbonyl (C=O) groups excluding carboxylic acids is 1. The van der Waals surface area contributed by atoms with E-state index in [1.807, 2.05) is 19.0 Å². The molecule has 134 valence electrons. The van der Waals surface area contributed by atoms with E-state index in [2.05, 4.69) is 0 Å². The second-order valence-electron chi connectivity index (χ2n) is 6.46. The molecule has 1 aliphatic heterocycles. The predicted octanol–water partition coefficient (Wildman–Crippen LogP) is -0.733. The average molecular weight is 338 g/mol. The topological polar surface area (TPSA) is 76.8 Å². The Balaban J connectivity index is 2.29. The van der Waals surface area contributed by atoms with Crippen LogP contribution in [0.25, 0.3) is 0 Å². The largest absolute Gasteiger partial charge is 0.376 e. The van der Waals surface area contributed by atoms with Gasteiger partial charge in [-0.3, -0.25) is 18.7 Å². The van der Waals surface area contributed by atoms with Crippen LogP contribution in [0.15, 0.2) is 15.7 Å². The summed E-state index contributed by atoms with van der Waals surface area (Å²) in [4.78, 5) is 40.5. The summed E-state index contributed by atoms with van der Waals surface area (Å²) >= 11 is 0. The Morgan fingerprint density at radius 2 is 1.96 bits per heavy atom. The van der Waals surface area contributed by atoms with Crippen molar-refractivity contribution in [3.8, 4) is 0 Å². The molecule has 0 aliphatic carbocycles. The maximum absolute atomic E-state index is 12.9. The molecule has 0 radical (unpaired) electrons. The van der Waals surface area contributed by atoms with Gasteiger partial charge in [0, 0.05) is 46.4 Å². The first kappa shape index (κ1) is 18.4. The molecule has 1 unspecified atom stereocenters. The molecule has 2 heterocycles. The summed E-state index contributed by atoms with van der Waals surface area (Å²) in [6.45, 7) is 2.38. The highest BCUT2D eigenvalue weighted by Gasteiger charge is 2.25. The molecule has 0 spiro atoms. The van der Waals surface area contributed by atoms with E-state index in [0.29, 0.717) is 26.2 Å². The van der Waals surface area contributed by atoms with Gasteiger partial charge in [0.25, 0.3) is 11.5 Å². The van der Waals surface area contributed by atoms with Crippen LogP contribution in [0.3, 0.4) is 0 Å². The Morgan fingerprint density at radius 1 is 1.25 bits per heavy atom. The Bertz CT molecular complexity index is 701. The minimum atomic E-state index is -0.504. The minimum Gasteiger partial charge on any atom is -0.376 e. The van der Waals surface area contributed by atoms with E-state index in [1.54, 1.807) is 4.90 Å². The summed E-state index contributed by atoms with van der Waals surface area (Å²) in [5, 5.41) is 0. The number of hydrogen-bond acceptors (Lipinski definition) is 5. The summed E-state index contributed by atoms with van der Waals surface area (Å²) in [7, 11) is 6.77. The number of aromatic nitrogens is 2. The number of ether oxygens (including phenoxy) is 1. The second kappa shape index (κ2) is 7.76. The van der Waals surface area contributed by atoms with Crippen LogP contribution < -0.4 is 11.2 Å². The summed E-state index contributed by atoms with van der Waals surface area (Å²) in [6.07, 6.45) is 1.92. The molecule has 1 saturated heterocycles. The molecule has 2 rings (SSSR count). The van der Waals surface area contributed by atoms with Gasteiger partial charge in [0.2, 0.25) is 0 Å². The molecule has 1 aromatic rings. The quantitative estimate of drug-likeness (QED) is 0.683. The maximum Gasteiger partial charge on any atom is 0.331 e. The molecular formula is C16H26N4O4. The van der Waals surface area contributed by atoms with Gasteiger partial charge in [0.05, 0.1) is 6.10 Å². The summed E-state index contributed by atoms with van der Waals surface area (Å²) < 4.78 is 7.84. The first-order chi connectivity index (χ1) is 11.3. The summed E-state index contributed by atoms with van der Waals surface area (Å²) in [5.41, 5.74) is -0.874. The van der Waals surface area contributed by atoms with E-state index < -0.39 is 11.2 Å². The Kier molecular flexibility index (Phi) is 5.95. The maximum atomic E-state index is 12.9. The van der Waals surface area contributed by atoms with E-state index in [1.165, 1.54) is 24.7 Å². The molecule has 24 heavy (non-hydrogen) atoms. The lowest BCUT2D eigenvalue weighted by molar-refractivity contribution is 0.0503. The predicted molar refractivity (Wildman–Crippen MR) is 90.4 cm³/mol. The van der Waals surface area contributed by atoms with Gasteiger partial charge in [-0.1, -0.05) is 0 Å². The van der Waals surface area contributed by atoms with Gasteiger partial charge in [0.1, 0.15) is 5.69 Å². The third kappa shape index (κ3) is 4.12. The van der Waals surface area contributed by atoms with Crippen LogP contribution in [0.4, 0.5) is 0 Å². The molecule has 1 aromatic heterocycles. The van der Waals surface area contributed by atoms with Crippen LogP contribution in [0.2, 0.25) is 0 Å². The molecule has 1 atom stereocenters. The zero-order chi connectivity index (χ0) is 17.9. The van der Waals surface area contributed by atoms with Gasteiger partial charge in [-0.05, 0) is 26.9 Å². The molecule has 0 bridgehead atoms. The number of nitrogens with zero attached hydrogens (tertiary/aromatic N) is 4. The monoisotopic (exact) mass is 338 g/mol. The zero-order valence-electron chi connectivity index (χ0n) is 14.8. The van der Waals surface area contributed by atoms with E-state index in [-0.39, 0.29) is 17.7 Å². The lowest BCUT2D eigenvalue weighted by Gasteiger charge is -2.27. The van der Waals surface area contributed by atoms with Crippen molar-refractivity contribution in [2.24, 2.45) is 14.1 Å². The van der Waals surface area contributed by atoms with Crippen molar-refractivity contribution >= 4 is 5.91 Å². The van der Waals surface area contributed by atoms with Crippen LogP contribution in [-0.4, -0.2) is 71.3 Å². The SMILES string of the molecule is CN(C)CCN(CC1CCCO1)C(=O)c1cc(=O)n(C)c(=O)n1C. The molecule has 8 heteroatoms. The van der Waals surface area contributed by atoms with E-state index in [0.717, 1.165) is 17.4 Å². The van der Waals surface area contributed by atoms with Crippen LogP contribution in [0.5, 0.6) is 0 Å². The highest BCUT2D eigenvalue weighted by molar-refractivity contribution is 5.92. The number of hydrogen-bond donors (Lipinski definition) is 0. The van der Waals surface area contributed by atoms with E-state index in [4.69, 9.17) is 4.74 Å². The van der Waals surface area contributed by atoms with Crippen LogP contribution in [0, 0.1) is 0 Å². The third-order valence-electron chi connectivity index (χ3n) is 4.30. The van der Waals surface area contributed by atoms with Crippen LogP contribution in [-0.2, 0) is 18.8 Å². The van der Waals surface area contributed by atoms with Gasteiger partial charge < -0.3 is 14.5 Å². The van der Waals surface area contributed by atoms with Crippen molar-refractivity contribution < 1.29 is 9.53 Å². The number of rotatable bonds is 6. The van der Waals surface area contributed by atoms with Crippen LogP contribution >= 0.6 is 0 Å². The molecule has 0 aromatic carbocycles. The highest BCUT2D eigenvalue weighted by atomic mass is 16.5. The van der Waals surface area contributed by atoms with Crippen molar-refractivity contribution in [1.82, 2.24) is 18.9 Å². The Labute approximate surface area is 141 Å². The van der Waals surface area contributed by atoms with Crippen molar-refractivity contribution in [3.63, 3.8) is 0 Å². The van der Waals surface area contributed by atoms with Gasteiger partial charge in [-0.25, -0.2) is 4.79 Å². The van der Waals surface area contributed by atoms with Gasteiger partial charge in [-0.15, -0.1) is 0 Å². The lowest BCUT2D eigenvalue weighted by atomic mass is 10.2. The molecule has 1 fully saturated rings. The van der Waals surface area contributed by atoms with Crippen molar-refractivity contribution in [2.45, 2.75) is 18.9 Å². The molecule has 1 amide bonds. The van der Waals surface area contributed by atoms with Gasteiger partial charge in [-0.2, -0.15) is 0 Å². The fourth-order valence-corrected chi connectivity index (χ4v) is 2.73. The lowest BCUT2D eigenvalue weighted by Crippen LogP contribution is -2.45. The number of likely N-dealkylation sites (N-methyl/N-ethyl adjacent to an activating group) is 1. The van der Waals surface area contributed by atoms with Crippen molar-refractivity contribution in [3.05, 3.63) is 32.6 Å². The zero-order valence-corrected chi connectivity index (χ0v) is 14.8. The molecule has 0 saturated carbocycles. The Hall–Kier alpha value is -1.93. The normalized spacial score (nSPS) is 17.5. The molecule has 0 N–H and O–H groups in total. The first-order valence-corrected chi connectivity index (χ1v) is 8.14. The van der Waals surface area contributed by atoms with E-state index >= 15 is 0 Å². The standard InChI is InChI=1S/C16H26N4O4/c1-17(2)7-8-20(11-12-6-5-9-24-12)15(22)13-10-14(21)19(4)16(23)18(13)3/h10,12H,5-9,11H2,1-4H3. The molecule has 8 nitrogen and oxygen atoms in total. The van der Waals surface area contributed by atoms with Crippen molar-refractivity contribution in [1.29, 1.82) is 0 Å². The fraction of sp³-hybridized carbons (Fsp3) is 0.688. The van der Waals surface area contributed by atoms with Gasteiger partial charge >= 0.3 is 5.69 Å². The number of carbonyl (C=O) groups is 1. The smallest absolute Gasteiger partial charge is 0.331 e. The summed E-state index contributed by atoms with van der Waals surface area (Å²) in [5.74, 6) is -0.315. The Morgan fingerprint density at radius 3 is 2.54 bits per heavy atom. The highest BCUT2D eigenvalue weighted by Crippen LogP contribution is 2.14. The first-order valence-electron chi connectivity index (χ1n) is 8.14. The third-order valence-corrected chi connectivity index (χ3v) is 4.30. The van der Waals surface area contributed by atoms with Gasteiger partial charge in [0.15, 0.2) is 0 Å². The minimum absolute atomic E-state index is 0.0136. The second-order valence-corrected chi connectivity index (χ2v) is 6.46.